The van der Waals surface area contributed by atoms with Gasteiger partial charge in [-0.1, -0.05) is 12.1 Å². The van der Waals surface area contributed by atoms with Crippen LogP contribution in [0.4, 0.5) is 0 Å². The molecule has 1 aliphatic rings. The molecular weight excluding hydrogens is 246 g/mol. The molecule has 5 heteroatoms. The van der Waals surface area contributed by atoms with Crippen LogP contribution in [0.2, 0.25) is 0 Å². The molecule has 0 aromatic heterocycles. The van der Waals surface area contributed by atoms with E-state index in [9.17, 15) is 9.59 Å². The maximum absolute atomic E-state index is 11.4. The highest BCUT2D eigenvalue weighted by molar-refractivity contribution is 6.39. The zero-order chi connectivity index (χ0) is 13.8. The summed E-state index contributed by atoms with van der Waals surface area (Å²) in [6.07, 6.45) is 2.01. The third-order valence-electron chi connectivity index (χ3n) is 3.26. The van der Waals surface area contributed by atoms with Crippen LogP contribution < -0.4 is 4.74 Å². The quantitative estimate of drug-likeness (QED) is 0.657. The summed E-state index contributed by atoms with van der Waals surface area (Å²) in [7, 11) is 2.07. The number of carbonyl (C=O) groups excluding carboxylic acids is 1. The largest absolute Gasteiger partial charge is 0.490 e. The van der Waals surface area contributed by atoms with Crippen molar-refractivity contribution in [2.45, 2.75) is 18.9 Å². The maximum atomic E-state index is 11.4. The first-order valence-corrected chi connectivity index (χ1v) is 6.29. The molecule has 19 heavy (non-hydrogen) atoms. The van der Waals surface area contributed by atoms with E-state index < -0.39 is 11.8 Å². The van der Waals surface area contributed by atoms with E-state index in [2.05, 4.69) is 11.9 Å². The van der Waals surface area contributed by atoms with Crippen LogP contribution in [0.1, 0.15) is 23.2 Å². The zero-order valence-corrected chi connectivity index (χ0v) is 10.8. The topological polar surface area (TPSA) is 66.8 Å². The molecule has 0 unspecified atom stereocenters. The van der Waals surface area contributed by atoms with Crippen molar-refractivity contribution in [3.63, 3.8) is 0 Å². The van der Waals surface area contributed by atoms with Crippen molar-refractivity contribution >= 4 is 11.8 Å². The average molecular weight is 263 g/mol. The monoisotopic (exact) mass is 263 g/mol. The number of likely N-dealkylation sites (tertiary alicyclic amines) is 1. The minimum atomic E-state index is -1.45. The second kappa shape index (κ2) is 5.84. The van der Waals surface area contributed by atoms with Crippen molar-refractivity contribution in [3.05, 3.63) is 29.8 Å². The number of piperidine rings is 1. The van der Waals surface area contributed by atoms with Crippen LogP contribution in [0.25, 0.3) is 0 Å². The summed E-state index contributed by atoms with van der Waals surface area (Å²) in [5.41, 5.74) is 0.151. The number of benzene rings is 1. The molecule has 0 bridgehead atoms. The van der Waals surface area contributed by atoms with Crippen molar-refractivity contribution in [1.29, 1.82) is 0 Å². The maximum Gasteiger partial charge on any atom is 0.377 e. The summed E-state index contributed by atoms with van der Waals surface area (Å²) in [5.74, 6) is -1.80. The summed E-state index contributed by atoms with van der Waals surface area (Å²) in [5, 5.41) is 8.68. The van der Waals surface area contributed by atoms with Crippen molar-refractivity contribution < 1.29 is 19.4 Å². The van der Waals surface area contributed by atoms with Crippen LogP contribution in [0.15, 0.2) is 24.3 Å². The Bertz CT molecular complexity index is 478. The third kappa shape index (κ3) is 3.54. The fourth-order valence-corrected chi connectivity index (χ4v) is 2.13. The smallest absolute Gasteiger partial charge is 0.377 e. The van der Waals surface area contributed by atoms with Gasteiger partial charge < -0.3 is 14.7 Å². The fraction of sp³-hybridized carbons (Fsp3) is 0.429. The van der Waals surface area contributed by atoms with Gasteiger partial charge >= 0.3 is 5.97 Å². The Hall–Kier alpha value is -1.88. The van der Waals surface area contributed by atoms with Gasteiger partial charge in [-0.15, -0.1) is 0 Å². The number of carbonyl (C=O) groups is 2. The van der Waals surface area contributed by atoms with Gasteiger partial charge in [0, 0.05) is 18.7 Å². The van der Waals surface area contributed by atoms with Crippen LogP contribution in [-0.4, -0.2) is 48.0 Å². The predicted molar refractivity (Wildman–Crippen MR) is 69.6 cm³/mol. The number of ether oxygens (including phenoxy) is 1. The molecule has 0 radical (unpaired) electrons. The Morgan fingerprint density at radius 2 is 2.00 bits per heavy atom. The number of hydrogen-bond donors (Lipinski definition) is 1. The normalized spacial score (nSPS) is 17.1. The number of hydrogen-bond acceptors (Lipinski definition) is 4. The second-order valence-electron chi connectivity index (χ2n) is 4.78. The SMILES string of the molecule is CN1CCC(Oc2cccc(C(=O)C(=O)O)c2)CC1. The summed E-state index contributed by atoms with van der Waals surface area (Å²) < 4.78 is 5.80. The number of ketones is 1. The van der Waals surface area contributed by atoms with Gasteiger partial charge in [0.2, 0.25) is 0 Å². The van der Waals surface area contributed by atoms with E-state index in [1.807, 2.05) is 0 Å². The molecule has 0 spiro atoms. The summed E-state index contributed by atoms with van der Waals surface area (Å²) in [6, 6.07) is 6.37. The van der Waals surface area contributed by atoms with Crippen LogP contribution in [-0.2, 0) is 4.79 Å². The van der Waals surface area contributed by atoms with Gasteiger partial charge in [-0.3, -0.25) is 4.79 Å². The van der Waals surface area contributed by atoms with E-state index in [1.165, 1.54) is 12.1 Å². The fourth-order valence-electron chi connectivity index (χ4n) is 2.13. The van der Waals surface area contributed by atoms with E-state index in [0.717, 1.165) is 25.9 Å². The van der Waals surface area contributed by atoms with Crippen molar-refractivity contribution in [2.24, 2.45) is 0 Å². The lowest BCUT2D eigenvalue weighted by atomic mass is 10.1. The standard InChI is InChI=1S/C14H17NO4/c1-15-7-5-11(6-8-15)19-12-4-2-3-10(9-12)13(16)14(17)18/h2-4,9,11H,5-8H2,1H3,(H,17,18). The Labute approximate surface area is 111 Å². The molecule has 0 amide bonds. The first kappa shape index (κ1) is 13.5. The van der Waals surface area contributed by atoms with Gasteiger partial charge in [0.1, 0.15) is 11.9 Å². The molecule has 5 nitrogen and oxygen atoms in total. The molecule has 2 rings (SSSR count). The Morgan fingerprint density at radius 1 is 1.32 bits per heavy atom. The van der Waals surface area contributed by atoms with E-state index in [0.29, 0.717) is 5.75 Å². The summed E-state index contributed by atoms with van der Waals surface area (Å²) in [4.78, 5) is 24.3. The molecule has 0 saturated carbocycles. The van der Waals surface area contributed by atoms with E-state index in [1.54, 1.807) is 12.1 Å². The van der Waals surface area contributed by atoms with Gasteiger partial charge in [0.15, 0.2) is 0 Å². The molecule has 1 fully saturated rings. The number of Topliss-reactive ketones (excluding diaryl/α,β-unsaturated/α-hetero) is 1. The van der Waals surface area contributed by atoms with Gasteiger partial charge in [-0.25, -0.2) is 4.79 Å². The first-order valence-electron chi connectivity index (χ1n) is 6.29. The van der Waals surface area contributed by atoms with E-state index in [-0.39, 0.29) is 11.7 Å². The molecule has 0 atom stereocenters. The lowest BCUT2D eigenvalue weighted by Gasteiger charge is -2.29. The van der Waals surface area contributed by atoms with E-state index >= 15 is 0 Å². The Morgan fingerprint density at radius 3 is 2.63 bits per heavy atom. The van der Waals surface area contributed by atoms with Gasteiger partial charge in [-0.05, 0) is 32.0 Å². The highest BCUT2D eigenvalue weighted by Crippen LogP contribution is 2.20. The molecule has 1 saturated heterocycles. The molecule has 1 aliphatic heterocycles. The number of carboxylic acids is 1. The Balaban J connectivity index is 2.03. The van der Waals surface area contributed by atoms with Gasteiger partial charge in [0.25, 0.3) is 5.78 Å². The van der Waals surface area contributed by atoms with Crippen LogP contribution in [0.5, 0.6) is 5.75 Å². The Kier molecular flexibility index (Phi) is 4.16. The lowest BCUT2D eigenvalue weighted by molar-refractivity contribution is -0.131. The third-order valence-corrected chi connectivity index (χ3v) is 3.26. The van der Waals surface area contributed by atoms with E-state index in [4.69, 9.17) is 9.84 Å². The molecule has 1 heterocycles. The first-order chi connectivity index (χ1) is 9.06. The number of nitrogens with zero attached hydrogens (tertiary/aromatic N) is 1. The molecule has 0 aliphatic carbocycles. The van der Waals surface area contributed by atoms with Gasteiger partial charge in [0.05, 0.1) is 0 Å². The highest BCUT2D eigenvalue weighted by atomic mass is 16.5. The minimum Gasteiger partial charge on any atom is -0.490 e. The number of rotatable bonds is 4. The number of carboxylic acid groups (broad SMARTS) is 1. The lowest BCUT2D eigenvalue weighted by Crippen LogP contribution is -2.35. The molecular formula is C14H17NO4. The number of aliphatic carboxylic acids is 1. The van der Waals surface area contributed by atoms with Crippen molar-refractivity contribution in [3.8, 4) is 5.75 Å². The minimum absolute atomic E-state index is 0.131. The van der Waals surface area contributed by atoms with Crippen molar-refractivity contribution in [2.75, 3.05) is 20.1 Å². The molecule has 1 aromatic rings. The highest BCUT2D eigenvalue weighted by Gasteiger charge is 2.19. The molecule has 1 aromatic carbocycles. The summed E-state index contributed by atoms with van der Waals surface area (Å²) in [6.45, 7) is 1.97. The van der Waals surface area contributed by atoms with Crippen LogP contribution in [0, 0.1) is 0 Å². The zero-order valence-electron chi connectivity index (χ0n) is 10.8. The molecule has 102 valence electrons. The average Bonchev–Trinajstić information content (AvgIpc) is 2.41. The van der Waals surface area contributed by atoms with Crippen molar-refractivity contribution in [1.82, 2.24) is 4.90 Å². The summed E-state index contributed by atoms with van der Waals surface area (Å²) >= 11 is 0. The molecule has 1 N–H and O–H groups in total. The van der Waals surface area contributed by atoms with Gasteiger partial charge in [-0.2, -0.15) is 0 Å². The van der Waals surface area contributed by atoms with Crippen LogP contribution >= 0.6 is 0 Å². The van der Waals surface area contributed by atoms with Crippen LogP contribution in [0.3, 0.4) is 0 Å². The second-order valence-corrected chi connectivity index (χ2v) is 4.78. The predicted octanol–water partition coefficient (Wildman–Crippen LogP) is 1.43.